The second-order valence-electron chi connectivity index (χ2n) is 7.35. The molecule has 0 radical (unpaired) electrons. The van der Waals surface area contributed by atoms with Crippen LogP contribution in [0.15, 0.2) is 40.8 Å². The number of likely N-dealkylation sites (N-methyl/N-ethyl adjacent to an activating group) is 1. The summed E-state index contributed by atoms with van der Waals surface area (Å²) in [5.74, 6) is 1.15. The highest BCUT2D eigenvalue weighted by Crippen LogP contribution is 2.24. The van der Waals surface area contributed by atoms with Gasteiger partial charge in [-0.2, -0.15) is 0 Å². The fourth-order valence-corrected chi connectivity index (χ4v) is 3.64. The molecular formula is C22H27ClN2O4. The van der Waals surface area contributed by atoms with Crippen molar-refractivity contribution < 1.29 is 18.7 Å². The van der Waals surface area contributed by atoms with Gasteiger partial charge in [0.2, 0.25) is 5.91 Å². The van der Waals surface area contributed by atoms with E-state index in [-0.39, 0.29) is 24.3 Å². The van der Waals surface area contributed by atoms with E-state index in [9.17, 15) is 9.59 Å². The quantitative estimate of drug-likeness (QED) is 0.639. The number of carbonyl (C=O) groups is 2. The van der Waals surface area contributed by atoms with Crippen LogP contribution in [0.1, 0.15) is 25.5 Å². The number of benzene rings is 1. The van der Waals surface area contributed by atoms with Gasteiger partial charge in [-0.05, 0) is 62.7 Å². The summed E-state index contributed by atoms with van der Waals surface area (Å²) in [6.07, 6.45) is 1.71. The van der Waals surface area contributed by atoms with Crippen LogP contribution in [0.2, 0.25) is 5.02 Å². The third kappa shape index (κ3) is 5.84. The lowest BCUT2D eigenvalue weighted by molar-refractivity contribution is -0.150. The van der Waals surface area contributed by atoms with Gasteiger partial charge in [-0.3, -0.25) is 14.5 Å². The van der Waals surface area contributed by atoms with Crippen LogP contribution in [0.5, 0.6) is 0 Å². The molecule has 1 fully saturated rings. The van der Waals surface area contributed by atoms with E-state index in [1.54, 1.807) is 11.9 Å². The van der Waals surface area contributed by atoms with Crippen molar-refractivity contribution in [1.29, 1.82) is 0 Å². The molecule has 1 aromatic carbocycles. The Morgan fingerprint density at radius 3 is 2.72 bits per heavy atom. The monoisotopic (exact) mass is 418 g/mol. The summed E-state index contributed by atoms with van der Waals surface area (Å²) in [5, 5.41) is 0.675. The smallest absolute Gasteiger partial charge is 0.310 e. The van der Waals surface area contributed by atoms with E-state index in [2.05, 4.69) is 0 Å². The van der Waals surface area contributed by atoms with Gasteiger partial charge in [0.1, 0.15) is 11.5 Å². The molecule has 1 aromatic heterocycles. The summed E-state index contributed by atoms with van der Waals surface area (Å²) in [6.45, 7) is 4.26. The average molecular weight is 419 g/mol. The van der Waals surface area contributed by atoms with Gasteiger partial charge in [-0.15, -0.1) is 0 Å². The molecule has 0 unspecified atom stereocenters. The van der Waals surface area contributed by atoms with Crippen LogP contribution in [0.25, 0.3) is 11.3 Å². The van der Waals surface area contributed by atoms with Gasteiger partial charge in [-0.1, -0.05) is 11.6 Å². The number of piperidine rings is 1. The second-order valence-corrected chi connectivity index (χ2v) is 7.79. The number of hydrogen-bond donors (Lipinski definition) is 0. The minimum Gasteiger partial charge on any atom is -0.466 e. The summed E-state index contributed by atoms with van der Waals surface area (Å²) in [4.78, 5) is 28.3. The molecule has 156 valence electrons. The lowest BCUT2D eigenvalue weighted by Gasteiger charge is -2.31. The van der Waals surface area contributed by atoms with Gasteiger partial charge in [0.25, 0.3) is 0 Å². The molecule has 1 aliphatic heterocycles. The number of halogens is 1. The molecular weight excluding hydrogens is 392 g/mol. The normalized spacial score (nSPS) is 17.1. The van der Waals surface area contributed by atoms with Crippen molar-refractivity contribution in [2.75, 3.05) is 33.3 Å². The number of nitrogens with zero attached hydrogens (tertiary/aromatic N) is 2. The Morgan fingerprint density at radius 2 is 2.00 bits per heavy atom. The van der Waals surface area contributed by atoms with Crippen LogP contribution in [0.3, 0.4) is 0 Å². The summed E-state index contributed by atoms with van der Waals surface area (Å²) in [7, 11) is 1.76. The molecule has 0 bridgehead atoms. The van der Waals surface area contributed by atoms with Crippen molar-refractivity contribution in [3.05, 3.63) is 47.2 Å². The van der Waals surface area contributed by atoms with E-state index in [1.807, 2.05) is 48.2 Å². The third-order valence-electron chi connectivity index (χ3n) is 5.09. The topological polar surface area (TPSA) is 63.0 Å². The minimum absolute atomic E-state index is 0.000971. The van der Waals surface area contributed by atoms with Gasteiger partial charge in [0, 0.05) is 24.2 Å². The molecule has 1 amide bonds. The maximum absolute atomic E-state index is 12.6. The predicted octanol–water partition coefficient (Wildman–Crippen LogP) is 3.83. The van der Waals surface area contributed by atoms with Gasteiger partial charge in [0.05, 0.1) is 25.6 Å². The van der Waals surface area contributed by atoms with E-state index < -0.39 is 0 Å². The Kier molecular flexibility index (Phi) is 7.34. The number of rotatable bonds is 7. The molecule has 0 aliphatic carbocycles. The Hall–Kier alpha value is -2.31. The first-order chi connectivity index (χ1) is 14.0. The molecule has 0 N–H and O–H groups in total. The molecule has 29 heavy (non-hydrogen) atoms. The number of furan rings is 1. The highest BCUT2D eigenvalue weighted by atomic mass is 35.5. The molecule has 2 aromatic rings. The predicted molar refractivity (Wildman–Crippen MR) is 111 cm³/mol. The van der Waals surface area contributed by atoms with Crippen molar-refractivity contribution >= 4 is 23.5 Å². The van der Waals surface area contributed by atoms with Crippen molar-refractivity contribution in [3.8, 4) is 11.3 Å². The maximum Gasteiger partial charge on any atom is 0.310 e. The van der Waals surface area contributed by atoms with Crippen LogP contribution in [0, 0.1) is 5.92 Å². The molecule has 2 heterocycles. The van der Waals surface area contributed by atoms with Crippen LogP contribution in [-0.2, 0) is 20.9 Å². The zero-order valence-electron chi connectivity index (χ0n) is 16.9. The van der Waals surface area contributed by atoms with Gasteiger partial charge < -0.3 is 14.1 Å². The van der Waals surface area contributed by atoms with Crippen molar-refractivity contribution in [1.82, 2.24) is 9.80 Å². The van der Waals surface area contributed by atoms with Crippen LogP contribution in [-0.4, -0.2) is 55.0 Å². The lowest BCUT2D eigenvalue weighted by Crippen LogP contribution is -2.44. The van der Waals surface area contributed by atoms with E-state index in [0.29, 0.717) is 30.5 Å². The number of hydrogen-bond acceptors (Lipinski definition) is 5. The zero-order chi connectivity index (χ0) is 20.8. The SMILES string of the molecule is CCOC(=O)[C@@H]1CCCN(CC(=O)N(C)Cc2ccc(-c3ccc(Cl)cc3)o2)C1. The van der Waals surface area contributed by atoms with Gasteiger partial charge in [-0.25, -0.2) is 0 Å². The first-order valence-electron chi connectivity index (χ1n) is 9.94. The van der Waals surface area contributed by atoms with Crippen molar-refractivity contribution in [3.63, 3.8) is 0 Å². The highest BCUT2D eigenvalue weighted by molar-refractivity contribution is 6.30. The van der Waals surface area contributed by atoms with Crippen molar-refractivity contribution in [2.45, 2.75) is 26.3 Å². The van der Waals surface area contributed by atoms with E-state index >= 15 is 0 Å². The zero-order valence-corrected chi connectivity index (χ0v) is 17.7. The average Bonchev–Trinajstić information content (AvgIpc) is 3.17. The Balaban J connectivity index is 1.53. The first-order valence-corrected chi connectivity index (χ1v) is 10.3. The van der Waals surface area contributed by atoms with Crippen molar-refractivity contribution in [2.24, 2.45) is 5.92 Å². The molecule has 1 aliphatic rings. The van der Waals surface area contributed by atoms with Crippen LogP contribution in [0.4, 0.5) is 0 Å². The summed E-state index contributed by atoms with van der Waals surface area (Å²) < 4.78 is 11.0. The molecule has 1 atom stereocenters. The number of esters is 1. The minimum atomic E-state index is -0.164. The Morgan fingerprint density at radius 1 is 1.24 bits per heavy atom. The summed E-state index contributed by atoms with van der Waals surface area (Å²) in [6, 6.07) is 11.2. The first kappa shape index (κ1) is 21.4. The Bertz CT molecular complexity index is 834. The molecule has 0 saturated carbocycles. The number of likely N-dealkylation sites (tertiary alicyclic amines) is 1. The standard InChI is InChI=1S/C22H27ClN2O4/c1-3-28-22(27)17-5-4-12-25(13-17)15-21(26)24(2)14-19-10-11-20(29-19)16-6-8-18(23)9-7-16/h6-11,17H,3-5,12-15H2,1-2H3/t17-/m1/s1. The Labute approximate surface area is 176 Å². The number of carbonyl (C=O) groups excluding carboxylic acids is 2. The maximum atomic E-state index is 12.6. The largest absolute Gasteiger partial charge is 0.466 e. The second kappa shape index (κ2) is 9.94. The lowest BCUT2D eigenvalue weighted by atomic mass is 9.98. The van der Waals surface area contributed by atoms with E-state index in [4.69, 9.17) is 20.8 Å². The molecule has 1 saturated heterocycles. The van der Waals surface area contributed by atoms with Crippen LogP contribution >= 0.6 is 11.6 Å². The third-order valence-corrected chi connectivity index (χ3v) is 5.35. The van der Waals surface area contributed by atoms with Crippen LogP contribution < -0.4 is 0 Å². The van der Waals surface area contributed by atoms with Gasteiger partial charge in [0.15, 0.2) is 0 Å². The van der Waals surface area contributed by atoms with E-state index in [1.165, 1.54) is 0 Å². The fourth-order valence-electron chi connectivity index (χ4n) is 3.52. The summed E-state index contributed by atoms with van der Waals surface area (Å²) >= 11 is 5.93. The number of amides is 1. The molecule has 0 spiro atoms. The highest BCUT2D eigenvalue weighted by Gasteiger charge is 2.28. The number of ether oxygens (including phenoxy) is 1. The molecule has 6 nitrogen and oxygen atoms in total. The van der Waals surface area contributed by atoms with E-state index in [0.717, 1.165) is 30.7 Å². The molecule has 7 heteroatoms. The summed E-state index contributed by atoms with van der Waals surface area (Å²) in [5.41, 5.74) is 0.938. The van der Waals surface area contributed by atoms with Gasteiger partial charge >= 0.3 is 5.97 Å². The molecule has 3 rings (SSSR count). The fraction of sp³-hybridized carbons (Fsp3) is 0.455.